The summed E-state index contributed by atoms with van der Waals surface area (Å²) in [7, 11) is 0. The normalized spacial score (nSPS) is 15.7. The maximum Gasteiger partial charge on any atom is 0.335 e. The Bertz CT molecular complexity index is 585. The number of nitrogens with one attached hydrogen (secondary N) is 1. The highest BCUT2D eigenvalue weighted by Crippen LogP contribution is 2.43. The Balaban J connectivity index is 2.17. The van der Waals surface area contributed by atoms with Gasteiger partial charge in [0, 0.05) is 24.2 Å². The average molecular weight is 306 g/mol. The van der Waals surface area contributed by atoms with Crippen LogP contribution in [0.4, 0.5) is 5.69 Å². The van der Waals surface area contributed by atoms with Crippen LogP contribution in [0.25, 0.3) is 0 Å². The molecule has 7 nitrogen and oxygen atoms in total. The van der Waals surface area contributed by atoms with Crippen LogP contribution in [0.3, 0.4) is 0 Å². The zero-order valence-electron chi connectivity index (χ0n) is 12.3. The summed E-state index contributed by atoms with van der Waals surface area (Å²) in [5, 5.41) is 22.6. The van der Waals surface area contributed by atoms with E-state index in [0.717, 1.165) is 43.9 Å². The van der Waals surface area contributed by atoms with Crippen molar-refractivity contribution in [1.29, 1.82) is 0 Å². The molecule has 1 amide bonds. The van der Waals surface area contributed by atoms with Crippen LogP contribution in [0.1, 0.15) is 53.3 Å². The molecule has 0 unspecified atom stereocenters. The number of aromatic carboxylic acids is 1. The van der Waals surface area contributed by atoms with Crippen LogP contribution in [0.2, 0.25) is 0 Å². The second-order valence-electron chi connectivity index (χ2n) is 5.72. The van der Waals surface area contributed by atoms with E-state index in [1.807, 2.05) is 0 Å². The van der Waals surface area contributed by atoms with Crippen LogP contribution in [-0.4, -0.2) is 28.5 Å². The van der Waals surface area contributed by atoms with Crippen LogP contribution in [0.5, 0.6) is 0 Å². The van der Waals surface area contributed by atoms with E-state index in [9.17, 15) is 19.7 Å². The van der Waals surface area contributed by atoms with Crippen molar-refractivity contribution in [3.05, 3.63) is 39.4 Å². The van der Waals surface area contributed by atoms with Gasteiger partial charge in [-0.15, -0.1) is 0 Å². The molecule has 0 aromatic heterocycles. The zero-order chi connectivity index (χ0) is 16.3. The van der Waals surface area contributed by atoms with Gasteiger partial charge in [-0.05, 0) is 30.7 Å². The summed E-state index contributed by atoms with van der Waals surface area (Å²) >= 11 is 0. The van der Waals surface area contributed by atoms with Gasteiger partial charge >= 0.3 is 5.97 Å². The van der Waals surface area contributed by atoms with Gasteiger partial charge < -0.3 is 10.4 Å². The lowest BCUT2D eigenvalue weighted by molar-refractivity contribution is -0.384. The third-order valence-corrected chi connectivity index (χ3v) is 4.43. The van der Waals surface area contributed by atoms with Gasteiger partial charge in [0.15, 0.2) is 0 Å². The predicted octanol–water partition coefficient (Wildman–Crippen LogP) is 2.60. The molecule has 1 aromatic rings. The number of hydrogen-bond donors (Lipinski definition) is 2. The van der Waals surface area contributed by atoms with Crippen molar-refractivity contribution in [2.75, 3.05) is 6.54 Å². The van der Waals surface area contributed by atoms with Gasteiger partial charge in [0.2, 0.25) is 0 Å². The zero-order valence-corrected chi connectivity index (χ0v) is 12.3. The number of benzene rings is 1. The largest absolute Gasteiger partial charge is 0.478 e. The molecule has 118 valence electrons. The highest BCUT2D eigenvalue weighted by Gasteiger charge is 2.35. The molecule has 0 aliphatic heterocycles. The third kappa shape index (κ3) is 3.24. The molecule has 2 N–H and O–H groups in total. The number of carbonyl (C=O) groups is 2. The first-order valence-corrected chi connectivity index (χ1v) is 7.18. The Kier molecular flexibility index (Phi) is 4.44. The fourth-order valence-corrected chi connectivity index (χ4v) is 2.67. The molecule has 0 heterocycles. The van der Waals surface area contributed by atoms with E-state index < -0.39 is 22.5 Å². The minimum Gasteiger partial charge on any atom is -0.478 e. The number of carboxylic acids is 1. The Hall–Kier alpha value is -2.44. The van der Waals surface area contributed by atoms with Gasteiger partial charge in [0.25, 0.3) is 11.6 Å². The van der Waals surface area contributed by atoms with E-state index in [1.165, 1.54) is 0 Å². The molecule has 0 radical (unpaired) electrons. The van der Waals surface area contributed by atoms with Crippen molar-refractivity contribution in [2.45, 2.75) is 32.6 Å². The van der Waals surface area contributed by atoms with Crippen molar-refractivity contribution in [3.63, 3.8) is 0 Å². The van der Waals surface area contributed by atoms with E-state index in [1.54, 1.807) is 0 Å². The van der Waals surface area contributed by atoms with Crippen molar-refractivity contribution in [2.24, 2.45) is 5.41 Å². The lowest BCUT2D eigenvalue weighted by Gasteiger charge is -2.41. The molecule has 1 fully saturated rings. The van der Waals surface area contributed by atoms with Crippen molar-refractivity contribution in [3.8, 4) is 0 Å². The number of amides is 1. The van der Waals surface area contributed by atoms with Gasteiger partial charge in [-0.3, -0.25) is 14.9 Å². The molecule has 2 rings (SSSR count). The number of carboxylic acid groups (broad SMARTS) is 1. The van der Waals surface area contributed by atoms with Crippen molar-refractivity contribution in [1.82, 2.24) is 5.32 Å². The van der Waals surface area contributed by atoms with Gasteiger partial charge in [-0.2, -0.15) is 0 Å². The molecule has 0 saturated heterocycles. The number of carbonyl (C=O) groups excluding carboxylic acids is 1. The summed E-state index contributed by atoms with van der Waals surface area (Å²) in [6.45, 7) is 2.58. The monoisotopic (exact) mass is 306 g/mol. The number of nitro groups is 1. The van der Waals surface area contributed by atoms with E-state index in [4.69, 9.17) is 5.11 Å². The number of nitro benzene ring substituents is 1. The summed E-state index contributed by atoms with van der Waals surface area (Å²) in [5.41, 5.74) is -0.560. The molecule has 1 saturated carbocycles. The average Bonchev–Trinajstić information content (AvgIpc) is 2.45. The van der Waals surface area contributed by atoms with E-state index in [0.29, 0.717) is 6.54 Å². The summed E-state index contributed by atoms with van der Waals surface area (Å²) in [6.07, 6.45) is 4.21. The molecule has 0 spiro atoms. The third-order valence-electron chi connectivity index (χ3n) is 4.43. The number of nitrogens with zero attached hydrogens (tertiary/aromatic N) is 1. The first-order chi connectivity index (χ1) is 10.4. The first kappa shape index (κ1) is 15.9. The lowest BCUT2D eigenvalue weighted by Crippen LogP contribution is -2.41. The van der Waals surface area contributed by atoms with E-state index in [-0.39, 0.29) is 16.5 Å². The number of rotatable bonds is 6. The van der Waals surface area contributed by atoms with Crippen LogP contribution in [0.15, 0.2) is 18.2 Å². The molecule has 1 aliphatic carbocycles. The SMILES string of the molecule is CCC1(CNC(=O)c2cc(C(=O)O)cc([N+](=O)[O-])c2)CCC1. The maximum atomic E-state index is 12.2. The highest BCUT2D eigenvalue weighted by atomic mass is 16.6. The molecule has 7 heteroatoms. The lowest BCUT2D eigenvalue weighted by atomic mass is 9.67. The molecule has 1 aromatic carbocycles. The molecule has 22 heavy (non-hydrogen) atoms. The summed E-state index contributed by atoms with van der Waals surface area (Å²) in [4.78, 5) is 33.3. The van der Waals surface area contributed by atoms with Crippen molar-refractivity contribution < 1.29 is 19.6 Å². The fourth-order valence-electron chi connectivity index (χ4n) is 2.67. The molecular weight excluding hydrogens is 288 g/mol. The van der Waals surface area contributed by atoms with E-state index >= 15 is 0 Å². The van der Waals surface area contributed by atoms with Crippen LogP contribution in [-0.2, 0) is 0 Å². The van der Waals surface area contributed by atoms with E-state index in [2.05, 4.69) is 12.2 Å². The number of non-ortho nitro benzene ring substituents is 1. The predicted molar refractivity (Wildman–Crippen MR) is 79.0 cm³/mol. The van der Waals surface area contributed by atoms with Crippen LogP contribution in [0, 0.1) is 15.5 Å². The summed E-state index contributed by atoms with van der Waals surface area (Å²) in [6, 6.07) is 3.20. The minimum atomic E-state index is -1.30. The standard InChI is InChI=1S/C15H18N2O5/c1-2-15(4-3-5-15)9-16-13(18)10-6-11(14(19)20)8-12(7-10)17(21)22/h6-8H,2-5,9H2,1H3,(H,16,18)(H,19,20). The van der Waals surface area contributed by atoms with Crippen LogP contribution < -0.4 is 5.32 Å². The molecule has 1 aliphatic rings. The highest BCUT2D eigenvalue weighted by molar-refractivity contribution is 5.98. The topological polar surface area (TPSA) is 110 Å². The quantitative estimate of drug-likeness (QED) is 0.620. The Morgan fingerprint density at radius 2 is 1.95 bits per heavy atom. The van der Waals surface area contributed by atoms with Gasteiger partial charge in [0.1, 0.15) is 0 Å². The molecule has 0 atom stereocenters. The van der Waals surface area contributed by atoms with Crippen LogP contribution >= 0.6 is 0 Å². The Labute approximate surface area is 127 Å². The fraction of sp³-hybridized carbons (Fsp3) is 0.467. The van der Waals surface area contributed by atoms with Gasteiger partial charge in [-0.25, -0.2) is 4.79 Å². The second-order valence-corrected chi connectivity index (χ2v) is 5.72. The maximum absolute atomic E-state index is 12.2. The first-order valence-electron chi connectivity index (χ1n) is 7.18. The smallest absolute Gasteiger partial charge is 0.335 e. The van der Waals surface area contributed by atoms with Gasteiger partial charge in [-0.1, -0.05) is 13.3 Å². The Morgan fingerprint density at radius 1 is 1.32 bits per heavy atom. The molecular formula is C15H18N2O5. The molecule has 0 bridgehead atoms. The Morgan fingerprint density at radius 3 is 2.41 bits per heavy atom. The van der Waals surface area contributed by atoms with Crippen molar-refractivity contribution >= 4 is 17.6 Å². The summed E-state index contributed by atoms with van der Waals surface area (Å²) < 4.78 is 0. The number of hydrogen-bond acceptors (Lipinski definition) is 4. The van der Waals surface area contributed by atoms with Gasteiger partial charge in [0.05, 0.1) is 10.5 Å². The summed E-state index contributed by atoms with van der Waals surface area (Å²) in [5.74, 6) is -1.78. The second kappa shape index (κ2) is 6.13. The minimum absolute atomic E-state index is 0.00261.